The minimum atomic E-state index is -0.557. The van der Waals surface area contributed by atoms with Crippen LogP contribution in [0.5, 0.6) is 5.75 Å². The number of rotatable bonds is 8. The summed E-state index contributed by atoms with van der Waals surface area (Å²) in [4.78, 5) is 12.1. The molecule has 0 bridgehead atoms. The normalized spacial score (nSPS) is 13.1. The van der Waals surface area contributed by atoms with Gasteiger partial charge in [-0.15, -0.1) is 0 Å². The zero-order valence-corrected chi connectivity index (χ0v) is 14.2. The van der Waals surface area contributed by atoms with E-state index in [-0.39, 0.29) is 11.8 Å². The summed E-state index contributed by atoms with van der Waals surface area (Å²) in [5.41, 5.74) is 1.90. The molecule has 4 nitrogen and oxygen atoms in total. The summed E-state index contributed by atoms with van der Waals surface area (Å²) in [5.74, 6) is 0.853. The molecule has 4 heteroatoms. The second kappa shape index (κ2) is 9.08. The first-order chi connectivity index (χ1) is 11.6. The molecule has 0 saturated heterocycles. The maximum Gasteiger partial charge on any atom is 0.220 e. The number of amides is 1. The van der Waals surface area contributed by atoms with Gasteiger partial charge >= 0.3 is 0 Å². The SMILES string of the molecule is COc1ccccc1C(C)CC(=O)NCCC(O)c1ccccc1. The molecule has 0 aliphatic heterocycles. The van der Waals surface area contributed by atoms with Crippen molar-refractivity contribution in [2.75, 3.05) is 13.7 Å². The van der Waals surface area contributed by atoms with Crippen LogP contribution in [-0.2, 0) is 4.79 Å². The first-order valence-electron chi connectivity index (χ1n) is 8.24. The summed E-state index contributed by atoms with van der Waals surface area (Å²) in [6.07, 6.45) is 0.332. The molecule has 0 aliphatic carbocycles. The highest BCUT2D eigenvalue weighted by molar-refractivity contribution is 5.76. The van der Waals surface area contributed by atoms with Crippen molar-refractivity contribution < 1.29 is 14.6 Å². The van der Waals surface area contributed by atoms with Crippen LogP contribution < -0.4 is 10.1 Å². The fraction of sp³-hybridized carbons (Fsp3) is 0.350. The lowest BCUT2D eigenvalue weighted by molar-refractivity contribution is -0.121. The van der Waals surface area contributed by atoms with Crippen LogP contribution in [0.2, 0.25) is 0 Å². The Balaban J connectivity index is 1.79. The van der Waals surface area contributed by atoms with Gasteiger partial charge in [0, 0.05) is 13.0 Å². The molecule has 1 amide bonds. The van der Waals surface area contributed by atoms with Crippen molar-refractivity contribution in [2.24, 2.45) is 0 Å². The van der Waals surface area contributed by atoms with E-state index in [1.165, 1.54) is 0 Å². The topological polar surface area (TPSA) is 58.6 Å². The summed E-state index contributed by atoms with van der Waals surface area (Å²) < 4.78 is 5.34. The number of carbonyl (C=O) groups is 1. The number of aliphatic hydroxyl groups excluding tert-OH is 1. The van der Waals surface area contributed by atoms with Crippen LogP contribution in [0.25, 0.3) is 0 Å². The number of aliphatic hydroxyl groups is 1. The third kappa shape index (κ3) is 5.10. The Labute approximate surface area is 143 Å². The lowest BCUT2D eigenvalue weighted by Crippen LogP contribution is -2.26. The molecule has 0 spiro atoms. The molecule has 0 fully saturated rings. The highest BCUT2D eigenvalue weighted by Crippen LogP contribution is 2.28. The van der Waals surface area contributed by atoms with E-state index >= 15 is 0 Å². The van der Waals surface area contributed by atoms with Crippen LogP contribution in [0.4, 0.5) is 0 Å². The Bertz CT molecular complexity index is 642. The number of para-hydroxylation sites is 1. The van der Waals surface area contributed by atoms with Crippen molar-refractivity contribution >= 4 is 5.91 Å². The Morgan fingerprint density at radius 1 is 1.12 bits per heavy atom. The molecule has 2 atom stereocenters. The van der Waals surface area contributed by atoms with E-state index < -0.39 is 6.10 Å². The maximum atomic E-state index is 12.1. The number of carbonyl (C=O) groups excluding carboxylic acids is 1. The number of hydrogen-bond acceptors (Lipinski definition) is 3. The monoisotopic (exact) mass is 327 g/mol. The molecule has 128 valence electrons. The molecule has 0 aliphatic rings. The highest BCUT2D eigenvalue weighted by atomic mass is 16.5. The molecule has 0 heterocycles. The predicted octanol–water partition coefficient (Wildman–Crippen LogP) is 3.43. The number of hydrogen-bond donors (Lipinski definition) is 2. The smallest absolute Gasteiger partial charge is 0.220 e. The predicted molar refractivity (Wildman–Crippen MR) is 95.1 cm³/mol. The molecule has 2 rings (SSSR count). The van der Waals surface area contributed by atoms with Crippen LogP contribution in [-0.4, -0.2) is 24.7 Å². The quantitative estimate of drug-likeness (QED) is 0.781. The number of methoxy groups -OCH3 is 1. The van der Waals surface area contributed by atoms with Crippen molar-refractivity contribution in [2.45, 2.75) is 31.8 Å². The number of ether oxygens (including phenoxy) is 1. The Morgan fingerprint density at radius 3 is 2.50 bits per heavy atom. The molecule has 24 heavy (non-hydrogen) atoms. The molecular formula is C20H25NO3. The van der Waals surface area contributed by atoms with Crippen LogP contribution in [0.3, 0.4) is 0 Å². The largest absolute Gasteiger partial charge is 0.496 e. The van der Waals surface area contributed by atoms with Gasteiger partial charge in [0.1, 0.15) is 5.75 Å². The Hall–Kier alpha value is -2.33. The lowest BCUT2D eigenvalue weighted by Gasteiger charge is -2.16. The summed E-state index contributed by atoms with van der Waals surface area (Å²) in [6.45, 7) is 2.46. The molecule has 0 saturated carbocycles. The first kappa shape index (κ1) is 18.0. The maximum absolute atomic E-state index is 12.1. The standard InChI is InChI=1S/C20H25NO3/c1-15(17-10-6-7-11-19(17)24-2)14-20(23)21-13-12-18(22)16-8-4-3-5-9-16/h3-11,15,18,22H,12-14H2,1-2H3,(H,21,23). The minimum Gasteiger partial charge on any atom is -0.496 e. The van der Waals surface area contributed by atoms with Crippen molar-refractivity contribution in [1.29, 1.82) is 0 Å². The fourth-order valence-corrected chi connectivity index (χ4v) is 2.72. The van der Waals surface area contributed by atoms with Crippen LogP contribution in [0.15, 0.2) is 54.6 Å². The van der Waals surface area contributed by atoms with E-state index in [9.17, 15) is 9.90 Å². The van der Waals surface area contributed by atoms with Crippen LogP contribution in [0, 0.1) is 0 Å². The van der Waals surface area contributed by atoms with Gasteiger partial charge in [-0.05, 0) is 29.5 Å². The average molecular weight is 327 g/mol. The summed E-state index contributed by atoms with van der Waals surface area (Å²) in [6, 6.07) is 17.2. The highest BCUT2D eigenvalue weighted by Gasteiger charge is 2.15. The third-order valence-corrected chi connectivity index (χ3v) is 4.09. The van der Waals surface area contributed by atoms with E-state index in [0.29, 0.717) is 19.4 Å². The zero-order valence-electron chi connectivity index (χ0n) is 14.2. The summed E-state index contributed by atoms with van der Waals surface area (Å²) in [5, 5.41) is 13.0. The van der Waals surface area contributed by atoms with Crippen molar-refractivity contribution in [3.05, 3.63) is 65.7 Å². The Morgan fingerprint density at radius 2 is 1.79 bits per heavy atom. The van der Waals surface area contributed by atoms with Gasteiger partial charge in [-0.1, -0.05) is 55.5 Å². The van der Waals surface area contributed by atoms with Crippen molar-refractivity contribution in [3.63, 3.8) is 0 Å². The van der Waals surface area contributed by atoms with Gasteiger partial charge in [-0.2, -0.15) is 0 Å². The molecule has 2 aromatic carbocycles. The Kier molecular flexibility index (Phi) is 6.82. The summed E-state index contributed by atoms with van der Waals surface area (Å²) >= 11 is 0. The molecule has 0 aromatic heterocycles. The number of nitrogens with one attached hydrogen (secondary N) is 1. The number of benzene rings is 2. The van der Waals surface area contributed by atoms with E-state index in [1.807, 2.05) is 61.5 Å². The van der Waals surface area contributed by atoms with E-state index in [0.717, 1.165) is 16.9 Å². The zero-order chi connectivity index (χ0) is 17.4. The van der Waals surface area contributed by atoms with Gasteiger partial charge in [0.25, 0.3) is 0 Å². The molecular weight excluding hydrogens is 302 g/mol. The molecule has 0 radical (unpaired) electrons. The summed E-state index contributed by atoms with van der Waals surface area (Å²) in [7, 11) is 1.64. The first-order valence-corrected chi connectivity index (χ1v) is 8.24. The van der Waals surface area contributed by atoms with Gasteiger partial charge in [-0.25, -0.2) is 0 Å². The van der Waals surface area contributed by atoms with E-state index in [4.69, 9.17) is 4.74 Å². The third-order valence-electron chi connectivity index (χ3n) is 4.09. The average Bonchev–Trinajstić information content (AvgIpc) is 2.62. The minimum absolute atomic E-state index is 0.0198. The second-order valence-corrected chi connectivity index (χ2v) is 5.91. The fourth-order valence-electron chi connectivity index (χ4n) is 2.72. The van der Waals surface area contributed by atoms with E-state index in [1.54, 1.807) is 7.11 Å². The van der Waals surface area contributed by atoms with Crippen LogP contribution >= 0.6 is 0 Å². The van der Waals surface area contributed by atoms with E-state index in [2.05, 4.69) is 5.32 Å². The lowest BCUT2D eigenvalue weighted by atomic mass is 9.96. The molecule has 2 aromatic rings. The van der Waals surface area contributed by atoms with Crippen molar-refractivity contribution in [1.82, 2.24) is 5.32 Å². The second-order valence-electron chi connectivity index (χ2n) is 5.91. The van der Waals surface area contributed by atoms with Gasteiger partial charge in [0.15, 0.2) is 0 Å². The van der Waals surface area contributed by atoms with Gasteiger partial charge in [0.05, 0.1) is 13.2 Å². The molecule has 2 N–H and O–H groups in total. The van der Waals surface area contributed by atoms with Gasteiger partial charge < -0.3 is 15.2 Å². The van der Waals surface area contributed by atoms with Crippen molar-refractivity contribution in [3.8, 4) is 5.75 Å². The molecule has 2 unspecified atom stereocenters. The van der Waals surface area contributed by atoms with Crippen LogP contribution in [0.1, 0.15) is 42.9 Å². The van der Waals surface area contributed by atoms with Gasteiger partial charge in [0.2, 0.25) is 5.91 Å². The van der Waals surface area contributed by atoms with Gasteiger partial charge in [-0.3, -0.25) is 4.79 Å².